The molecule has 3 nitrogen and oxygen atoms in total. The topological polar surface area (TPSA) is 49.3 Å². The maximum atomic E-state index is 12.3. The molecule has 1 amide bonds. The van der Waals surface area contributed by atoms with Gasteiger partial charge in [-0.05, 0) is 60.7 Å². The van der Waals surface area contributed by atoms with Crippen molar-refractivity contribution < 1.29 is 9.90 Å². The lowest BCUT2D eigenvalue weighted by atomic mass is 10.0. The summed E-state index contributed by atoms with van der Waals surface area (Å²) < 4.78 is 0. The molecular formula is C31H47NO2S. The molecule has 0 atom stereocenters. The van der Waals surface area contributed by atoms with Crippen LogP contribution in [0.2, 0.25) is 0 Å². The molecule has 0 heterocycles. The summed E-state index contributed by atoms with van der Waals surface area (Å²) in [5.74, 6) is 1.14. The Kier molecular flexibility index (Phi) is 16.1. The van der Waals surface area contributed by atoms with Crippen LogP contribution in [0.3, 0.4) is 0 Å². The first-order valence-corrected chi connectivity index (χ1v) is 15.0. The molecule has 0 unspecified atom stereocenters. The van der Waals surface area contributed by atoms with Crippen molar-refractivity contribution in [2.45, 2.75) is 115 Å². The van der Waals surface area contributed by atoms with E-state index in [-0.39, 0.29) is 11.7 Å². The zero-order chi connectivity index (χ0) is 25.0. The van der Waals surface area contributed by atoms with E-state index in [1.165, 1.54) is 120 Å². The maximum absolute atomic E-state index is 12.3. The molecule has 35 heavy (non-hydrogen) atoms. The average Bonchev–Trinajstić information content (AvgIpc) is 2.87. The summed E-state index contributed by atoms with van der Waals surface area (Å²) in [7, 11) is 0. The standard InChI is InChI=1S/C31H47NO2S/c1-2-3-4-5-6-7-8-9-10-11-12-13-14-15-16-17-26-35-30-24-20-28(21-25-30)32-31(34)27-18-22-29(33)23-19-27/h18-25,33H,2-17,26H2,1H3,(H,32,34). The number of aromatic hydroxyl groups is 1. The van der Waals surface area contributed by atoms with Gasteiger partial charge < -0.3 is 10.4 Å². The number of benzene rings is 2. The number of unbranched alkanes of at least 4 members (excludes halogenated alkanes) is 15. The number of rotatable bonds is 20. The van der Waals surface area contributed by atoms with E-state index in [1.807, 2.05) is 23.9 Å². The van der Waals surface area contributed by atoms with E-state index in [0.29, 0.717) is 5.56 Å². The van der Waals surface area contributed by atoms with E-state index in [9.17, 15) is 9.90 Å². The van der Waals surface area contributed by atoms with Crippen molar-refractivity contribution >= 4 is 23.4 Å². The van der Waals surface area contributed by atoms with Gasteiger partial charge in [-0.3, -0.25) is 4.79 Å². The summed E-state index contributed by atoms with van der Waals surface area (Å²) in [4.78, 5) is 13.5. The minimum atomic E-state index is -0.168. The first-order chi connectivity index (χ1) is 17.2. The Labute approximate surface area is 218 Å². The fourth-order valence-corrected chi connectivity index (χ4v) is 5.20. The molecule has 2 rings (SSSR count). The molecule has 0 aliphatic heterocycles. The lowest BCUT2D eigenvalue weighted by Crippen LogP contribution is -2.11. The van der Waals surface area contributed by atoms with Crippen molar-refractivity contribution in [2.75, 3.05) is 11.1 Å². The zero-order valence-electron chi connectivity index (χ0n) is 21.9. The largest absolute Gasteiger partial charge is 0.508 e. The summed E-state index contributed by atoms with van der Waals surface area (Å²) in [5.41, 5.74) is 1.32. The van der Waals surface area contributed by atoms with Crippen LogP contribution < -0.4 is 5.32 Å². The Hall–Kier alpha value is -1.94. The Morgan fingerprint density at radius 1 is 0.657 bits per heavy atom. The number of hydrogen-bond donors (Lipinski definition) is 2. The number of carbonyl (C=O) groups excluding carboxylic acids is 1. The monoisotopic (exact) mass is 497 g/mol. The van der Waals surface area contributed by atoms with Gasteiger partial charge >= 0.3 is 0 Å². The lowest BCUT2D eigenvalue weighted by molar-refractivity contribution is 0.102. The van der Waals surface area contributed by atoms with Gasteiger partial charge in [0.05, 0.1) is 0 Å². The highest BCUT2D eigenvalue weighted by atomic mass is 32.2. The second-order valence-corrected chi connectivity index (χ2v) is 10.8. The number of anilines is 1. The summed E-state index contributed by atoms with van der Waals surface area (Å²) >= 11 is 1.89. The van der Waals surface area contributed by atoms with Gasteiger partial charge in [0, 0.05) is 16.1 Å². The molecule has 2 N–H and O–H groups in total. The average molecular weight is 498 g/mol. The SMILES string of the molecule is CCCCCCCCCCCCCCCCCCSc1ccc(NC(=O)c2ccc(O)cc2)cc1. The molecule has 0 radical (unpaired) electrons. The fraction of sp³-hybridized carbons (Fsp3) is 0.581. The van der Waals surface area contributed by atoms with E-state index >= 15 is 0 Å². The van der Waals surface area contributed by atoms with Crippen LogP contribution in [-0.4, -0.2) is 16.8 Å². The summed E-state index contributed by atoms with van der Waals surface area (Å²) in [6.07, 6.45) is 22.5. The molecule has 2 aromatic rings. The third-order valence-electron chi connectivity index (χ3n) is 6.51. The zero-order valence-corrected chi connectivity index (χ0v) is 22.7. The maximum Gasteiger partial charge on any atom is 0.255 e. The van der Waals surface area contributed by atoms with E-state index < -0.39 is 0 Å². The van der Waals surface area contributed by atoms with Gasteiger partial charge in [0.1, 0.15) is 5.75 Å². The smallest absolute Gasteiger partial charge is 0.255 e. The Morgan fingerprint density at radius 3 is 1.60 bits per heavy atom. The number of phenolic OH excluding ortho intramolecular Hbond substituents is 1. The third-order valence-corrected chi connectivity index (χ3v) is 7.61. The van der Waals surface area contributed by atoms with Crippen molar-refractivity contribution in [2.24, 2.45) is 0 Å². The lowest BCUT2D eigenvalue weighted by Gasteiger charge is -2.07. The number of carbonyl (C=O) groups is 1. The number of phenols is 1. The first-order valence-electron chi connectivity index (χ1n) is 14.0. The number of nitrogens with one attached hydrogen (secondary N) is 1. The third kappa shape index (κ3) is 14.3. The van der Waals surface area contributed by atoms with Crippen molar-refractivity contribution in [1.29, 1.82) is 0 Å². The van der Waals surface area contributed by atoms with E-state index in [0.717, 1.165) is 11.4 Å². The predicted molar refractivity (Wildman–Crippen MR) is 153 cm³/mol. The van der Waals surface area contributed by atoms with Crippen molar-refractivity contribution in [1.82, 2.24) is 0 Å². The molecule has 4 heteroatoms. The van der Waals surface area contributed by atoms with Gasteiger partial charge in [-0.25, -0.2) is 0 Å². The molecule has 0 aliphatic rings. The molecule has 0 aromatic heterocycles. The van der Waals surface area contributed by atoms with Gasteiger partial charge in [0.2, 0.25) is 0 Å². The van der Waals surface area contributed by atoms with Gasteiger partial charge in [-0.2, -0.15) is 0 Å². The van der Waals surface area contributed by atoms with E-state index in [1.54, 1.807) is 12.1 Å². The van der Waals surface area contributed by atoms with Crippen LogP contribution in [0.15, 0.2) is 53.4 Å². The summed E-state index contributed by atoms with van der Waals surface area (Å²) in [6, 6.07) is 14.3. The fourth-order valence-electron chi connectivity index (χ4n) is 4.29. The molecule has 0 saturated carbocycles. The minimum absolute atomic E-state index is 0.160. The quantitative estimate of drug-likeness (QED) is 0.141. The minimum Gasteiger partial charge on any atom is -0.508 e. The second kappa shape index (κ2) is 19.3. The predicted octanol–water partition coefficient (Wildman–Crippen LogP) is 10.00. The second-order valence-electron chi connectivity index (χ2n) is 9.68. The van der Waals surface area contributed by atoms with Crippen LogP contribution in [-0.2, 0) is 0 Å². The Balaban J connectivity index is 1.40. The Bertz CT molecular complexity index is 789. The molecule has 0 aliphatic carbocycles. The van der Waals surface area contributed by atoms with Gasteiger partial charge in [0.25, 0.3) is 5.91 Å². The normalized spacial score (nSPS) is 11.0. The molecule has 0 bridgehead atoms. The van der Waals surface area contributed by atoms with Crippen molar-refractivity contribution in [3.8, 4) is 5.75 Å². The molecule has 0 saturated heterocycles. The van der Waals surface area contributed by atoms with Crippen LogP contribution in [0.5, 0.6) is 5.75 Å². The van der Waals surface area contributed by atoms with Crippen LogP contribution in [0.1, 0.15) is 120 Å². The van der Waals surface area contributed by atoms with Crippen molar-refractivity contribution in [3.05, 3.63) is 54.1 Å². The van der Waals surface area contributed by atoms with Crippen LogP contribution in [0.25, 0.3) is 0 Å². The van der Waals surface area contributed by atoms with Crippen LogP contribution >= 0.6 is 11.8 Å². The number of amides is 1. The molecule has 0 spiro atoms. The molecule has 194 valence electrons. The highest BCUT2D eigenvalue weighted by Crippen LogP contribution is 2.23. The first kappa shape index (κ1) is 29.3. The van der Waals surface area contributed by atoms with Crippen LogP contribution in [0.4, 0.5) is 5.69 Å². The van der Waals surface area contributed by atoms with Crippen molar-refractivity contribution in [3.63, 3.8) is 0 Å². The summed E-state index contributed by atoms with van der Waals surface area (Å²) in [6.45, 7) is 2.29. The molecule has 0 fully saturated rings. The van der Waals surface area contributed by atoms with Gasteiger partial charge in [0.15, 0.2) is 0 Å². The van der Waals surface area contributed by atoms with Gasteiger partial charge in [-0.1, -0.05) is 103 Å². The van der Waals surface area contributed by atoms with Crippen LogP contribution in [0, 0.1) is 0 Å². The number of thioether (sulfide) groups is 1. The molecular weight excluding hydrogens is 450 g/mol. The molecule has 2 aromatic carbocycles. The number of hydrogen-bond acceptors (Lipinski definition) is 3. The highest BCUT2D eigenvalue weighted by Gasteiger charge is 2.06. The Morgan fingerprint density at radius 2 is 1.11 bits per heavy atom. The highest BCUT2D eigenvalue weighted by molar-refractivity contribution is 7.99. The summed E-state index contributed by atoms with van der Waals surface area (Å²) in [5, 5.41) is 12.2. The van der Waals surface area contributed by atoms with E-state index in [2.05, 4.69) is 24.4 Å². The van der Waals surface area contributed by atoms with Gasteiger partial charge in [-0.15, -0.1) is 11.8 Å². The van der Waals surface area contributed by atoms with E-state index in [4.69, 9.17) is 0 Å².